The number of aromatic hydroxyl groups is 2. The minimum Gasteiger partial charge on any atom is -0.507 e. The van der Waals surface area contributed by atoms with Crippen molar-refractivity contribution in [1.29, 1.82) is 0 Å². The number of carbonyl (C=O) groups is 4. The molecule has 2 aliphatic carbocycles. The molecule has 2 aromatic rings. The van der Waals surface area contributed by atoms with E-state index in [4.69, 9.17) is 25.8 Å². The third kappa shape index (κ3) is 5.81. The highest BCUT2D eigenvalue weighted by atomic mass is 35.5. The monoisotopic (exact) mass is 677 g/mol. The number of carbonyl (C=O) groups excluding carboxylic acids is 4. The SMILES string of the molecule is COc1cccc2c1C(=O)c1c(O)c3c(c(O)c1C2=O)C(O[C@@H]1C[C@H](NC(=O)N(CCCl)N=O)[C@H](O)[C@@H](C)O1)CC(O)(C(=O)CO)C3. The number of phenols is 2. The van der Waals surface area contributed by atoms with Gasteiger partial charge in [-0.3, -0.25) is 14.4 Å². The summed E-state index contributed by atoms with van der Waals surface area (Å²) in [7, 11) is 1.29. The summed E-state index contributed by atoms with van der Waals surface area (Å²) < 4.78 is 17.1. The number of halogens is 1. The number of rotatable bonds is 9. The van der Waals surface area contributed by atoms with Gasteiger partial charge < -0.3 is 45.1 Å². The molecule has 0 bridgehead atoms. The molecular formula is C30H32ClN3O13. The zero-order valence-electron chi connectivity index (χ0n) is 25.1. The Kier molecular flexibility index (Phi) is 9.54. The fourth-order valence-corrected chi connectivity index (χ4v) is 6.51. The molecule has 1 fully saturated rings. The van der Waals surface area contributed by atoms with E-state index in [1.54, 1.807) is 0 Å². The van der Waals surface area contributed by atoms with Gasteiger partial charge in [-0.1, -0.05) is 12.1 Å². The van der Waals surface area contributed by atoms with E-state index < -0.39 is 102 Å². The Labute approximate surface area is 271 Å². The van der Waals surface area contributed by atoms with E-state index in [-0.39, 0.29) is 46.8 Å². The molecule has 2 unspecified atom stereocenters. The molecule has 1 saturated heterocycles. The first-order valence-corrected chi connectivity index (χ1v) is 15.0. The van der Waals surface area contributed by atoms with Crippen molar-refractivity contribution in [3.8, 4) is 17.2 Å². The Hall–Kier alpha value is -4.19. The number of methoxy groups -OCH3 is 1. The molecular weight excluding hydrogens is 646 g/mol. The van der Waals surface area contributed by atoms with Gasteiger partial charge >= 0.3 is 6.03 Å². The number of aliphatic hydroxyl groups excluding tert-OH is 2. The molecule has 1 heterocycles. The maximum atomic E-state index is 13.7. The van der Waals surface area contributed by atoms with Crippen molar-refractivity contribution >= 4 is 35.0 Å². The van der Waals surface area contributed by atoms with Gasteiger partial charge in [0.1, 0.15) is 35.6 Å². The molecule has 17 heteroatoms. The summed E-state index contributed by atoms with van der Waals surface area (Å²) in [5.74, 6) is -4.31. The number of ether oxygens (including phenoxy) is 3. The number of hydrogen-bond acceptors (Lipinski definition) is 14. The summed E-state index contributed by atoms with van der Waals surface area (Å²) in [4.78, 5) is 63.9. The van der Waals surface area contributed by atoms with E-state index in [2.05, 4.69) is 10.6 Å². The highest BCUT2D eigenvalue weighted by molar-refractivity contribution is 6.31. The van der Waals surface area contributed by atoms with Crippen molar-refractivity contribution in [1.82, 2.24) is 10.3 Å². The van der Waals surface area contributed by atoms with Crippen LogP contribution in [0.4, 0.5) is 4.79 Å². The number of Topliss-reactive ketones (excluding diaryl/α,β-unsaturated/α-hetero) is 1. The topological polar surface area (TPSA) is 242 Å². The van der Waals surface area contributed by atoms with E-state index in [0.29, 0.717) is 5.01 Å². The van der Waals surface area contributed by atoms with Crippen molar-refractivity contribution in [2.75, 3.05) is 26.1 Å². The average Bonchev–Trinajstić information content (AvgIpc) is 3.05. The minimum absolute atomic E-state index is 0.0402. The number of fused-ring (bicyclic) bond motifs is 3. The summed E-state index contributed by atoms with van der Waals surface area (Å²) >= 11 is 5.61. The van der Waals surface area contributed by atoms with Crippen LogP contribution in [0.1, 0.15) is 68.8 Å². The predicted molar refractivity (Wildman–Crippen MR) is 159 cm³/mol. The van der Waals surface area contributed by atoms with Crippen LogP contribution >= 0.6 is 11.6 Å². The summed E-state index contributed by atoms with van der Waals surface area (Å²) in [5, 5.41) is 60.5. The second-order valence-corrected chi connectivity index (χ2v) is 11.8. The summed E-state index contributed by atoms with van der Waals surface area (Å²) in [6, 6.07) is 2.23. The largest absolute Gasteiger partial charge is 0.507 e. The van der Waals surface area contributed by atoms with Crippen molar-refractivity contribution < 1.29 is 58.9 Å². The van der Waals surface area contributed by atoms with Crippen LogP contribution in [0.5, 0.6) is 17.2 Å². The second kappa shape index (κ2) is 13.1. The molecule has 0 saturated carbocycles. The molecule has 6 N–H and O–H groups in total. The number of nitrogens with zero attached hydrogens (tertiary/aromatic N) is 2. The van der Waals surface area contributed by atoms with E-state index in [1.165, 1.54) is 32.2 Å². The fourth-order valence-electron chi connectivity index (χ4n) is 6.35. The Balaban J connectivity index is 1.57. The van der Waals surface area contributed by atoms with Gasteiger partial charge in [-0.25, -0.2) is 4.79 Å². The molecule has 0 radical (unpaired) electrons. The molecule has 2 amide bonds. The standard InChI is InChI=1S/C30H32ClN3O13/c1-12-24(37)15(32-29(42)34(33-44)7-6-31)8-19(46-12)47-17-10-30(43,18(36)11-35)9-14-21(17)28(41)22-23(26(14)39)27(40)20-13(25(22)38)4-3-5-16(20)45-2/h3-5,12,15,17,19,24,35,37,39,41,43H,6-11H2,1-2H3,(H,32,42)/t12-,15+,17?,19-,24-,30?/m1/s1. The molecule has 16 nitrogen and oxygen atoms in total. The van der Waals surface area contributed by atoms with Crippen LogP contribution in [0.25, 0.3) is 0 Å². The molecule has 0 spiro atoms. The lowest BCUT2D eigenvalue weighted by atomic mass is 9.72. The minimum atomic E-state index is -2.37. The van der Waals surface area contributed by atoms with E-state index >= 15 is 0 Å². The van der Waals surface area contributed by atoms with Crippen molar-refractivity contribution in [2.24, 2.45) is 5.29 Å². The van der Waals surface area contributed by atoms with Gasteiger partial charge in [0.2, 0.25) is 5.78 Å². The zero-order chi connectivity index (χ0) is 34.4. The van der Waals surface area contributed by atoms with E-state index in [1.807, 2.05) is 0 Å². The van der Waals surface area contributed by atoms with Crippen LogP contribution in [0.15, 0.2) is 23.5 Å². The number of alkyl halides is 1. The first-order chi connectivity index (χ1) is 22.3. The number of phenolic OH excluding ortho intramolecular Hbond substituents is 2. The number of amides is 2. The quantitative estimate of drug-likeness (QED) is 0.0802. The van der Waals surface area contributed by atoms with Crippen LogP contribution in [-0.2, 0) is 20.7 Å². The van der Waals surface area contributed by atoms with Crippen molar-refractivity contribution in [3.05, 3.63) is 56.5 Å². The number of ketones is 3. The molecule has 2 aromatic carbocycles. The molecule has 1 aliphatic heterocycles. The zero-order valence-corrected chi connectivity index (χ0v) is 25.9. The summed E-state index contributed by atoms with van der Waals surface area (Å²) in [6.07, 6.45) is -6.60. The van der Waals surface area contributed by atoms with Gasteiger partial charge in [0.05, 0.1) is 53.9 Å². The smallest absolute Gasteiger partial charge is 0.340 e. The van der Waals surface area contributed by atoms with Gasteiger partial charge in [-0.15, -0.1) is 16.5 Å². The molecule has 5 rings (SSSR count). The Morgan fingerprint density at radius 1 is 1.17 bits per heavy atom. The van der Waals surface area contributed by atoms with Crippen LogP contribution in [-0.4, -0.2) is 110 Å². The number of urea groups is 1. The van der Waals surface area contributed by atoms with Crippen molar-refractivity contribution in [3.63, 3.8) is 0 Å². The van der Waals surface area contributed by atoms with E-state index in [9.17, 15) is 49.6 Å². The van der Waals surface area contributed by atoms with Gasteiger partial charge in [0, 0.05) is 41.8 Å². The fraction of sp³-hybridized carbons (Fsp3) is 0.467. The lowest BCUT2D eigenvalue weighted by molar-refractivity contribution is -0.249. The van der Waals surface area contributed by atoms with Crippen LogP contribution < -0.4 is 10.1 Å². The Bertz CT molecular complexity index is 1650. The van der Waals surface area contributed by atoms with Crippen LogP contribution in [0.2, 0.25) is 0 Å². The first-order valence-electron chi connectivity index (χ1n) is 14.5. The van der Waals surface area contributed by atoms with Gasteiger partial charge in [0.15, 0.2) is 17.9 Å². The predicted octanol–water partition coefficient (Wildman–Crippen LogP) is 0.974. The normalized spacial score (nSPS) is 26.5. The second-order valence-electron chi connectivity index (χ2n) is 11.4. The van der Waals surface area contributed by atoms with Gasteiger partial charge in [0.25, 0.3) is 0 Å². The molecule has 47 heavy (non-hydrogen) atoms. The van der Waals surface area contributed by atoms with E-state index in [0.717, 1.165) is 0 Å². The van der Waals surface area contributed by atoms with Crippen molar-refractivity contribution in [2.45, 2.75) is 62.4 Å². The third-order valence-corrected chi connectivity index (χ3v) is 8.87. The third-order valence-electron chi connectivity index (χ3n) is 8.70. The lowest BCUT2D eigenvalue weighted by Gasteiger charge is -2.43. The Morgan fingerprint density at radius 2 is 1.87 bits per heavy atom. The highest BCUT2D eigenvalue weighted by Crippen LogP contribution is 2.52. The molecule has 0 aromatic heterocycles. The molecule has 6 atom stereocenters. The molecule has 3 aliphatic rings. The van der Waals surface area contributed by atoms with Gasteiger partial charge in [-0.05, 0) is 13.0 Å². The van der Waals surface area contributed by atoms with Crippen LogP contribution in [0.3, 0.4) is 0 Å². The van der Waals surface area contributed by atoms with Crippen LogP contribution in [0, 0.1) is 4.91 Å². The number of nitroso groups, excluding NO2 is 1. The molecule has 252 valence electrons. The average molecular weight is 678 g/mol. The number of hydrogen-bond donors (Lipinski definition) is 6. The van der Waals surface area contributed by atoms with Gasteiger partial charge in [-0.2, -0.15) is 5.01 Å². The summed E-state index contributed by atoms with van der Waals surface area (Å²) in [5.41, 5.74) is -4.22. The number of benzene rings is 2. The highest BCUT2D eigenvalue weighted by Gasteiger charge is 2.50. The maximum absolute atomic E-state index is 13.7. The first kappa shape index (κ1) is 34.2. The Morgan fingerprint density at radius 3 is 2.51 bits per heavy atom. The summed E-state index contributed by atoms with van der Waals surface area (Å²) in [6.45, 7) is 0.149. The number of aliphatic hydroxyl groups is 3. The lowest BCUT2D eigenvalue weighted by Crippen LogP contribution is -2.57. The maximum Gasteiger partial charge on any atom is 0.340 e. The number of nitrogens with one attached hydrogen (secondary N) is 1.